The van der Waals surface area contributed by atoms with E-state index in [1.165, 1.54) is 32.3 Å². The second kappa shape index (κ2) is 16.5. The number of para-hydroxylation sites is 4. The van der Waals surface area contributed by atoms with E-state index < -0.39 is 0 Å². The van der Waals surface area contributed by atoms with E-state index in [4.69, 9.17) is 0 Å². The summed E-state index contributed by atoms with van der Waals surface area (Å²) in [6.07, 6.45) is 8.53. The fourth-order valence-electron chi connectivity index (χ4n) is 7.72. The molecule has 0 aliphatic rings. The van der Waals surface area contributed by atoms with Crippen molar-refractivity contribution < 1.29 is 29.2 Å². The van der Waals surface area contributed by atoms with Crippen LogP contribution < -0.4 is 14.2 Å². The first-order valence-electron chi connectivity index (χ1n) is 19.2. The molecule has 10 heteroatoms. The molecule has 0 aliphatic heterocycles. The Morgan fingerprint density at radius 1 is 0.483 bits per heavy atom. The molecule has 0 unspecified atom stereocenters. The Bertz CT molecular complexity index is 3230. The number of tetrazole rings is 1. The third-order valence-electron chi connectivity index (χ3n) is 10.4. The molecule has 0 saturated heterocycles. The van der Waals surface area contributed by atoms with Crippen LogP contribution >= 0.6 is 0 Å². The molecule has 0 saturated carbocycles. The fraction of sp³-hybridized carbons (Fsp3) is 0.0400. The summed E-state index contributed by atoms with van der Waals surface area (Å²) in [5.74, 6) is 0.464. The largest absolute Gasteiger partial charge is 0.335 e. The molecule has 0 atom stereocenters. The smallest absolute Gasteiger partial charge is 0.242 e. The Labute approximate surface area is 359 Å². The minimum atomic E-state index is 0. The standard InChI is InChI=1S/2C22H15N2.C6H4N5.Ir/c2*1-23-15-24(21-13-7-6-12-20(21)23)22-14-16-8-2-3-9-17(16)18-10-4-5-11-19(18)22;1-2-4-7-5(3-1)6-8-10-11-9-6;/h2*2-13H,1H3;1-4H;/q3*-1;. The van der Waals surface area contributed by atoms with Crippen molar-refractivity contribution in [1.29, 1.82) is 0 Å². The first kappa shape index (κ1) is 38.1. The van der Waals surface area contributed by atoms with Crippen LogP contribution in [0.3, 0.4) is 0 Å². The molecular formula is C50H34IrN9-3. The normalized spacial score (nSPS) is 11.0. The van der Waals surface area contributed by atoms with Crippen molar-refractivity contribution in [3.05, 3.63) is 195 Å². The molecule has 9 nitrogen and oxygen atoms in total. The molecular weight excluding hydrogens is 919 g/mol. The zero-order valence-electron chi connectivity index (χ0n) is 32.5. The van der Waals surface area contributed by atoms with Gasteiger partial charge in [0.1, 0.15) is 0 Å². The van der Waals surface area contributed by atoms with Gasteiger partial charge in [0, 0.05) is 26.3 Å². The van der Waals surface area contributed by atoms with E-state index in [1.54, 1.807) is 12.3 Å². The first-order valence-corrected chi connectivity index (χ1v) is 19.2. The van der Waals surface area contributed by atoms with Gasteiger partial charge < -0.3 is 23.4 Å². The van der Waals surface area contributed by atoms with E-state index in [9.17, 15) is 0 Å². The number of nitrogens with zero attached hydrogens (tertiary/aromatic N) is 9. The number of aryl methyl sites for hydroxylation is 2. The molecule has 0 amide bonds. The van der Waals surface area contributed by atoms with Gasteiger partial charge in [0.2, 0.25) is 12.7 Å². The van der Waals surface area contributed by atoms with Gasteiger partial charge in [-0.05, 0) is 23.5 Å². The van der Waals surface area contributed by atoms with Crippen molar-refractivity contribution in [2.45, 2.75) is 0 Å². The van der Waals surface area contributed by atoms with E-state index in [-0.39, 0.29) is 20.1 Å². The van der Waals surface area contributed by atoms with E-state index in [0.717, 1.165) is 44.2 Å². The topological polar surface area (TPSA) is 83.3 Å². The van der Waals surface area contributed by atoms with Gasteiger partial charge in [-0.2, -0.15) is 5.21 Å². The first-order chi connectivity index (χ1) is 29.1. The Kier molecular flexibility index (Phi) is 10.5. The van der Waals surface area contributed by atoms with Crippen molar-refractivity contribution in [3.63, 3.8) is 0 Å². The van der Waals surface area contributed by atoms with E-state index >= 15 is 0 Å². The van der Waals surface area contributed by atoms with E-state index in [2.05, 4.69) is 205 Å². The number of pyridine rings is 1. The molecule has 0 N–H and O–H groups in total. The summed E-state index contributed by atoms with van der Waals surface area (Å²) in [7, 11) is 4.06. The van der Waals surface area contributed by atoms with Crippen LogP contribution in [0.5, 0.6) is 0 Å². The zero-order chi connectivity index (χ0) is 39.7. The molecule has 60 heavy (non-hydrogen) atoms. The quantitative estimate of drug-likeness (QED) is 0.101. The summed E-state index contributed by atoms with van der Waals surface area (Å²) in [6.45, 7) is 0. The minimum absolute atomic E-state index is 0. The average molecular weight is 953 g/mol. The number of aromatic nitrogens is 9. The average Bonchev–Trinajstić information content (AvgIpc) is 4.05. The van der Waals surface area contributed by atoms with E-state index in [0.29, 0.717) is 11.5 Å². The maximum atomic E-state index is 4.02. The monoisotopic (exact) mass is 953 g/mol. The Morgan fingerprint density at radius 3 is 1.38 bits per heavy atom. The number of benzene rings is 8. The molecule has 0 aliphatic carbocycles. The molecule has 0 fully saturated rings. The van der Waals surface area contributed by atoms with Crippen LogP contribution in [0.4, 0.5) is 0 Å². The third kappa shape index (κ3) is 6.98. The molecule has 12 aromatic rings. The van der Waals surface area contributed by atoms with Gasteiger partial charge >= 0.3 is 0 Å². The number of fused-ring (bicyclic) bond motifs is 8. The maximum Gasteiger partial charge on any atom is 0.242 e. The summed E-state index contributed by atoms with van der Waals surface area (Å²) < 4.78 is 8.30. The van der Waals surface area contributed by atoms with Crippen LogP contribution in [0, 0.1) is 24.8 Å². The number of imidazole rings is 2. The summed E-state index contributed by atoms with van der Waals surface area (Å²) in [4.78, 5) is 4.02. The van der Waals surface area contributed by atoms with Crippen LogP contribution in [-0.4, -0.2) is 29.6 Å². The molecule has 291 valence electrons. The van der Waals surface area contributed by atoms with Crippen molar-refractivity contribution >= 4 is 65.2 Å². The van der Waals surface area contributed by atoms with Crippen LogP contribution in [-0.2, 0) is 34.2 Å². The molecule has 12 rings (SSSR count). The van der Waals surface area contributed by atoms with Crippen molar-refractivity contribution in [2.24, 2.45) is 14.1 Å². The van der Waals surface area contributed by atoms with Crippen molar-refractivity contribution in [1.82, 2.24) is 34.7 Å². The summed E-state index contributed by atoms with van der Waals surface area (Å²) >= 11 is 0. The fourth-order valence-corrected chi connectivity index (χ4v) is 7.72. The molecule has 0 bridgehead atoms. The minimum Gasteiger partial charge on any atom is -0.335 e. The maximum absolute atomic E-state index is 4.02. The molecule has 1 radical (unpaired) electrons. The summed E-state index contributed by atoms with van der Waals surface area (Å²) in [6, 6.07) is 63.4. The van der Waals surface area contributed by atoms with Gasteiger partial charge in [-0.25, -0.2) is 0 Å². The Balaban J connectivity index is 0.000000122. The van der Waals surface area contributed by atoms with Gasteiger partial charge in [-0.3, -0.25) is 15.3 Å². The van der Waals surface area contributed by atoms with Gasteiger partial charge in [-0.15, -0.1) is 70.1 Å². The Morgan fingerprint density at radius 2 is 0.917 bits per heavy atom. The number of hydrogen-bond donors (Lipinski definition) is 0. The van der Waals surface area contributed by atoms with Crippen LogP contribution in [0.25, 0.3) is 88.0 Å². The predicted octanol–water partition coefficient (Wildman–Crippen LogP) is 8.61. The summed E-state index contributed by atoms with van der Waals surface area (Å²) in [5.41, 5.74) is 7.36. The third-order valence-corrected chi connectivity index (χ3v) is 10.4. The van der Waals surface area contributed by atoms with Gasteiger partial charge in [-0.1, -0.05) is 137 Å². The Hall–Kier alpha value is -7.39. The number of hydrogen-bond acceptors (Lipinski definition) is 4. The van der Waals surface area contributed by atoms with Gasteiger partial charge in [0.05, 0.1) is 47.7 Å². The molecule has 4 heterocycles. The molecule has 4 aromatic heterocycles. The van der Waals surface area contributed by atoms with E-state index in [1.807, 2.05) is 35.4 Å². The SMILES string of the molecule is C[n+]1[c-]n(-c2[c-]c3ccccc3c3ccccc23)c2ccccc21.C[n+]1[c-]n(-c2[c-]c3ccccc3c3ccccc23)c2ccccc21.[Ir].c1ccc(-c2nnn[n-]2)nc1. The van der Waals surface area contributed by atoms with Gasteiger partial charge in [0.25, 0.3) is 0 Å². The number of rotatable bonds is 3. The summed E-state index contributed by atoms with van der Waals surface area (Å²) in [5, 5.41) is 23.6. The van der Waals surface area contributed by atoms with Crippen molar-refractivity contribution in [3.8, 4) is 22.9 Å². The van der Waals surface area contributed by atoms with Crippen LogP contribution in [0.1, 0.15) is 0 Å². The van der Waals surface area contributed by atoms with Crippen LogP contribution in [0.15, 0.2) is 170 Å². The predicted molar refractivity (Wildman–Crippen MR) is 231 cm³/mol. The van der Waals surface area contributed by atoms with Crippen molar-refractivity contribution in [2.75, 3.05) is 0 Å². The van der Waals surface area contributed by atoms with Gasteiger partial charge in [0.15, 0.2) is 0 Å². The second-order valence-electron chi connectivity index (χ2n) is 14.0. The van der Waals surface area contributed by atoms with Crippen LogP contribution in [0.2, 0.25) is 0 Å². The molecule has 0 spiro atoms. The second-order valence-corrected chi connectivity index (χ2v) is 14.0. The molecule has 8 aromatic carbocycles. The zero-order valence-corrected chi connectivity index (χ0v) is 34.9.